The standard InChI is InChI=1S/C19H19ClF2N6O3S2/c1-2-23-5-6-24-15-7-11(20)3-4-12(15)18(29)27-16-8-14(22)17(9-13(16)21)28(33(30)31)19-25-10-26-32-19/h3-4,7-10,23-24H,2,5-6H2,1H3,(H,27,29)(H,30,31). The predicted molar refractivity (Wildman–Crippen MR) is 126 cm³/mol. The lowest BCUT2D eigenvalue weighted by molar-refractivity contribution is 0.102. The Labute approximate surface area is 199 Å². The van der Waals surface area contributed by atoms with Crippen molar-refractivity contribution in [3.05, 3.63) is 58.9 Å². The molecule has 4 N–H and O–H groups in total. The second-order valence-corrected chi connectivity index (χ2v) is 8.48. The zero-order chi connectivity index (χ0) is 24.0. The topological polar surface area (TPSA) is 119 Å². The van der Waals surface area contributed by atoms with Crippen LogP contribution >= 0.6 is 23.1 Å². The SMILES string of the molecule is CCNCCNc1cc(Cl)ccc1C(=O)Nc1cc(F)c(N(c2ncns2)S(=O)O)cc1F. The summed E-state index contributed by atoms with van der Waals surface area (Å²) in [5, 5.41) is 8.82. The van der Waals surface area contributed by atoms with Crippen LogP contribution in [0, 0.1) is 11.6 Å². The number of hydrogen-bond acceptors (Lipinski definition) is 7. The molecule has 14 heteroatoms. The van der Waals surface area contributed by atoms with Crippen LogP contribution in [0.5, 0.6) is 0 Å². The maximum Gasteiger partial charge on any atom is 0.268 e. The van der Waals surface area contributed by atoms with Gasteiger partial charge in [0.05, 0.1) is 16.9 Å². The van der Waals surface area contributed by atoms with Crippen molar-refractivity contribution in [3.8, 4) is 0 Å². The number of halogens is 3. The molecule has 176 valence electrons. The summed E-state index contributed by atoms with van der Waals surface area (Å²) in [5.74, 6) is -2.77. The van der Waals surface area contributed by atoms with Crippen molar-refractivity contribution in [1.29, 1.82) is 0 Å². The van der Waals surface area contributed by atoms with E-state index in [4.69, 9.17) is 11.6 Å². The summed E-state index contributed by atoms with van der Waals surface area (Å²) >= 11 is 4.01. The number of likely N-dealkylation sites (N-methyl/N-ethyl adjacent to an activating group) is 1. The second kappa shape index (κ2) is 11.4. The normalized spacial score (nSPS) is 11.8. The summed E-state index contributed by atoms with van der Waals surface area (Å²) in [6.07, 6.45) is 1.11. The number of rotatable bonds is 10. The van der Waals surface area contributed by atoms with Crippen molar-refractivity contribution in [3.63, 3.8) is 0 Å². The molecule has 1 atom stereocenters. The third-order valence-electron chi connectivity index (χ3n) is 4.28. The van der Waals surface area contributed by atoms with Crippen molar-refractivity contribution in [2.75, 3.05) is 34.6 Å². The Hall–Kier alpha value is -2.71. The smallest absolute Gasteiger partial charge is 0.268 e. The van der Waals surface area contributed by atoms with Gasteiger partial charge in [-0.05, 0) is 24.7 Å². The molecule has 0 saturated heterocycles. The van der Waals surface area contributed by atoms with Gasteiger partial charge in [0.1, 0.15) is 18.0 Å². The Morgan fingerprint density at radius 2 is 2.00 bits per heavy atom. The molecule has 1 heterocycles. The van der Waals surface area contributed by atoms with Crippen molar-refractivity contribution in [1.82, 2.24) is 14.7 Å². The predicted octanol–water partition coefficient (Wildman–Crippen LogP) is 4.02. The molecule has 0 saturated carbocycles. The molecule has 1 aromatic heterocycles. The number of benzene rings is 2. The molecule has 0 radical (unpaired) electrons. The first-order chi connectivity index (χ1) is 15.8. The van der Waals surface area contributed by atoms with Gasteiger partial charge in [0.25, 0.3) is 17.2 Å². The zero-order valence-electron chi connectivity index (χ0n) is 17.1. The maximum absolute atomic E-state index is 14.8. The van der Waals surface area contributed by atoms with Gasteiger partial charge in [-0.15, -0.1) is 0 Å². The van der Waals surface area contributed by atoms with Crippen LogP contribution in [0.4, 0.5) is 31.0 Å². The number of nitrogens with zero attached hydrogens (tertiary/aromatic N) is 3. The number of carbonyl (C=O) groups excluding carboxylic acids is 1. The van der Waals surface area contributed by atoms with E-state index in [1.807, 2.05) is 6.92 Å². The van der Waals surface area contributed by atoms with Crippen LogP contribution < -0.4 is 20.3 Å². The van der Waals surface area contributed by atoms with Crippen LogP contribution in [0.1, 0.15) is 17.3 Å². The van der Waals surface area contributed by atoms with Gasteiger partial charge in [-0.2, -0.15) is 4.37 Å². The van der Waals surface area contributed by atoms with Gasteiger partial charge in [-0.3, -0.25) is 9.35 Å². The van der Waals surface area contributed by atoms with Gasteiger partial charge in [-0.25, -0.2) is 22.3 Å². The molecule has 0 spiro atoms. The molecule has 1 amide bonds. The van der Waals surface area contributed by atoms with Crippen LogP contribution in [-0.4, -0.2) is 43.7 Å². The molecule has 3 rings (SSSR count). The summed E-state index contributed by atoms with van der Waals surface area (Å²) < 4.78 is 55.0. The quantitative estimate of drug-likeness (QED) is 0.237. The van der Waals surface area contributed by atoms with Crippen LogP contribution in [0.2, 0.25) is 5.02 Å². The van der Waals surface area contributed by atoms with Crippen LogP contribution in [-0.2, 0) is 11.3 Å². The molecule has 33 heavy (non-hydrogen) atoms. The fraction of sp³-hybridized carbons (Fsp3) is 0.211. The minimum absolute atomic E-state index is 0.111. The van der Waals surface area contributed by atoms with Gasteiger partial charge in [0.15, 0.2) is 0 Å². The molecule has 0 aliphatic rings. The maximum atomic E-state index is 14.8. The molecule has 9 nitrogen and oxygen atoms in total. The average molecular weight is 517 g/mol. The first-order valence-electron chi connectivity index (χ1n) is 9.54. The van der Waals surface area contributed by atoms with E-state index >= 15 is 0 Å². The van der Waals surface area contributed by atoms with Gasteiger partial charge in [0.2, 0.25) is 5.13 Å². The van der Waals surface area contributed by atoms with E-state index in [1.165, 1.54) is 12.1 Å². The molecule has 2 aromatic carbocycles. The van der Waals surface area contributed by atoms with Crippen molar-refractivity contribution in [2.24, 2.45) is 0 Å². The lowest BCUT2D eigenvalue weighted by Gasteiger charge is -2.18. The van der Waals surface area contributed by atoms with E-state index in [-0.39, 0.29) is 10.7 Å². The summed E-state index contributed by atoms with van der Waals surface area (Å²) in [4.78, 5) is 16.5. The summed E-state index contributed by atoms with van der Waals surface area (Å²) in [7, 11) is 0. The Balaban J connectivity index is 1.85. The number of nitrogens with one attached hydrogen (secondary N) is 3. The highest BCUT2D eigenvalue weighted by atomic mass is 35.5. The van der Waals surface area contributed by atoms with E-state index in [0.29, 0.717) is 34.2 Å². The lowest BCUT2D eigenvalue weighted by Crippen LogP contribution is -2.23. The van der Waals surface area contributed by atoms with Gasteiger partial charge >= 0.3 is 0 Å². The minimum Gasteiger partial charge on any atom is -0.383 e. The van der Waals surface area contributed by atoms with E-state index in [2.05, 4.69) is 25.3 Å². The summed E-state index contributed by atoms with van der Waals surface area (Å²) in [6.45, 7) is 3.89. The molecule has 0 fully saturated rings. The molecular weight excluding hydrogens is 498 g/mol. The van der Waals surface area contributed by atoms with E-state index in [1.54, 1.807) is 6.07 Å². The fourth-order valence-corrected chi connectivity index (χ4v) is 4.22. The number of aromatic nitrogens is 2. The van der Waals surface area contributed by atoms with Crippen molar-refractivity contribution < 1.29 is 22.3 Å². The first kappa shape index (κ1) is 24.9. The number of hydrogen-bond donors (Lipinski definition) is 4. The zero-order valence-corrected chi connectivity index (χ0v) is 19.5. The van der Waals surface area contributed by atoms with Crippen LogP contribution in [0.15, 0.2) is 36.7 Å². The summed E-state index contributed by atoms with van der Waals surface area (Å²) in [5.41, 5.74) is -0.392. The monoisotopic (exact) mass is 516 g/mol. The Kier molecular flexibility index (Phi) is 8.63. The number of carbonyl (C=O) groups is 1. The highest BCUT2D eigenvalue weighted by Crippen LogP contribution is 2.33. The third-order valence-corrected chi connectivity index (χ3v) is 5.96. The molecule has 0 bridgehead atoms. The Bertz CT molecular complexity index is 1150. The molecule has 0 aliphatic heterocycles. The van der Waals surface area contributed by atoms with E-state index in [9.17, 15) is 22.3 Å². The highest BCUT2D eigenvalue weighted by molar-refractivity contribution is 7.81. The Morgan fingerprint density at radius 1 is 1.21 bits per heavy atom. The second-order valence-electron chi connectivity index (χ2n) is 6.46. The Morgan fingerprint density at radius 3 is 2.67 bits per heavy atom. The first-order valence-corrected chi connectivity index (χ1v) is 11.8. The van der Waals surface area contributed by atoms with Crippen molar-refractivity contribution in [2.45, 2.75) is 6.92 Å². The highest BCUT2D eigenvalue weighted by Gasteiger charge is 2.25. The molecule has 3 aromatic rings. The number of anilines is 4. The van der Waals surface area contributed by atoms with E-state index < -0.39 is 40.2 Å². The van der Waals surface area contributed by atoms with Crippen LogP contribution in [0.3, 0.4) is 0 Å². The van der Waals surface area contributed by atoms with Crippen LogP contribution in [0.25, 0.3) is 0 Å². The van der Waals surface area contributed by atoms with Gasteiger partial charge in [-0.1, -0.05) is 18.5 Å². The summed E-state index contributed by atoms with van der Waals surface area (Å²) in [6, 6.07) is 5.93. The molecular formula is C19H19ClF2N6O3S2. The molecule has 1 unspecified atom stereocenters. The third kappa shape index (κ3) is 6.21. The number of amides is 1. The minimum atomic E-state index is -2.74. The fourth-order valence-electron chi connectivity index (χ4n) is 2.81. The van der Waals surface area contributed by atoms with Gasteiger partial charge < -0.3 is 16.0 Å². The van der Waals surface area contributed by atoms with E-state index in [0.717, 1.165) is 30.5 Å². The van der Waals surface area contributed by atoms with Gasteiger partial charge in [0, 0.05) is 47.5 Å². The van der Waals surface area contributed by atoms with Crippen molar-refractivity contribution >= 4 is 62.5 Å². The average Bonchev–Trinajstić information content (AvgIpc) is 3.28. The molecule has 0 aliphatic carbocycles. The largest absolute Gasteiger partial charge is 0.383 e. The lowest BCUT2D eigenvalue weighted by atomic mass is 10.1.